The second-order valence-electron chi connectivity index (χ2n) is 5.09. The summed E-state index contributed by atoms with van der Waals surface area (Å²) in [5.41, 5.74) is 14.7. The van der Waals surface area contributed by atoms with Crippen molar-refractivity contribution >= 4 is 11.6 Å². The molecule has 0 saturated carbocycles. The van der Waals surface area contributed by atoms with Crippen LogP contribution in [0.15, 0.2) is 48.5 Å². The molecule has 21 heavy (non-hydrogen) atoms. The summed E-state index contributed by atoms with van der Waals surface area (Å²) in [6.07, 6.45) is 0.692. The number of amides is 1. The third-order valence-electron chi connectivity index (χ3n) is 3.50. The molecule has 2 rings (SSSR count). The molecule has 0 bridgehead atoms. The number of carbonyl (C=O) groups excluding carboxylic acids is 1. The van der Waals surface area contributed by atoms with Gasteiger partial charge in [-0.2, -0.15) is 0 Å². The molecule has 4 heteroatoms. The molecule has 0 aliphatic rings. The predicted molar refractivity (Wildman–Crippen MR) is 85.9 cm³/mol. The van der Waals surface area contributed by atoms with E-state index in [0.29, 0.717) is 24.2 Å². The van der Waals surface area contributed by atoms with Crippen LogP contribution in [0.1, 0.15) is 33.9 Å². The normalized spacial score (nSPS) is 11.9. The molecule has 1 amide bonds. The Labute approximate surface area is 125 Å². The van der Waals surface area contributed by atoms with Crippen molar-refractivity contribution in [2.45, 2.75) is 19.4 Å². The molecule has 2 aromatic rings. The largest absolute Gasteiger partial charge is 0.398 e. The van der Waals surface area contributed by atoms with E-state index in [9.17, 15) is 4.79 Å². The highest BCUT2D eigenvalue weighted by Crippen LogP contribution is 2.18. The van der Waals surface area contributed by atoms with Crippen molar-refractivity contribution in [3.63, 3.8) is 0 Å². The van der Waals surface area contributed by atoms with Crippen molar-refractivity contribution in [3.8, 4) is 0 Å². The number of nitrogen functional groups attached to an aromatic ring is 1. The zero-order valence-corrected chi connectivity index (χ0v) is 12.2. The Morgan fingerprint density at radius 3 is 2.52 bits per heavy atom. The molecule has 0 aromatic heterocycles. The third-order valence-corrected chi connectivity index (χ3v) is 3.50. The SMILES string of the molecule is Cc1ccc(C(=O)N[C@@H](CCN)c2ccccc2)cc1N. The predicted octanol–water partition coefficient (Wildman–Crippen LogP) is 2.40. The summed E-state index contributed by atoms with van der Waals surface area (Å²) in [5.74, 6) is -0.135. The average Bonchev–Trinajstić information content (AvgIpc) is 2.50. The molecule has 0 unspecified atom stereocenters. The maximum atomic E-state index is 12.4. The van der Waals surface area contributed by atoms with E-state index in [-0.39, 0.29) is 11.9 Å². The minimum Gasteiger partial charge on any atom is -0.398 e. The van der Waals surface area contributed by atoms with Crippen molar-refractivity contribution in [1.82, 2.24) is 5.32 Å². The highest BCUT2D eigenvalue weighted by molar-refractivity contribution is 5.95. The van der Waals surface area contributed by atoms with E-state index in [1.807, 2.05) is 43.3 Å². The zero-order chi connectivity index (χ0) is 15.2. The number of rotatable bonds is 5. The number of anilines is 1. The number of carbonyl (C=O) groups is 1. The fourth-order valence-electron chi connectivity index (χ4n) is 2.20. The Hall–Kier alpha value is -2.33. The monoisotopic (exact) mass is 283 g/mol. The van der Waals surface area contributed by atoms with Gasteiger partial charge in [-0.05, 0) is 43.1 Å². The minimum atomic E-state index is -0.135. The third kappa shape index (κ3) is 3.83. The lowest BCUT2D eigenvalue weighted by molar-refractivity contribution is 0.0935. The van der Waals surface area contributed by atoms with E-state index >= 15 is 0 Å². The van der Waals surface area contributed by atoms with Gasteiger partial charge in [-0.1, -0.05) is 36.4 Å². The van der Waals surface area contributed by atoms with Gasteiger partial charge in [-0.3, -0.25) is 4.79 Å². The standard InChI is InChI=1S/C17H21N3O/c1-12-7-8-14(11-15(12)19)17(21)20-16(9-10-18)13-5-3-2-4-6-13/h2-8,11,16H,9-10,18-19H2,1H3,(H,20,21)/t16-/m0/s1. The van der Waals surface area contributed by atoms with Crippen LogP contribution in [0.5, 0.6) is 0 Å². The van der Waals surface area contributed by atoms with Gasteiger partial charge in [-0.15, -0.1) is 0 Å². The first-order valence-corrected chi connectivity index (χ1v) is 7.04. The number of nitrogens with one attached hydrogen (secondary N) is 1. The molecule has 0 heterocycles. The molecular formula is C17H21N3O. The summed E-state index contributed by atoms with van der Waals surface area (Å²) in [6, 6.07) is 15.1. The molecule has 4 nitrogen and oxygen atoms in total. The molecule has 0 fully saturated rings. The van der Waals surface area contributed by atoms with Gasteiger partial charge in [0.15, 0.2) is 0 Å². The van der Waals surface area contributed by atoms with Crippen molar-refractivity contribution in [2.24, 2.45) is 5.73 Å². The van der Waals surface area contributed by atoms with Gasteiger partial charge in [0.25, 0.3) is 5.91 Å². The fraction of sp³-hybridized carbons (Fsp3) is 0.235. The van der Waals surface area contributed by atoms with Crippen LogP contribution in [0.4, 0.5) is 5.69 Å². The van der Waals surface area contributed by atoms with Gasteiger partial charge in [-0.25, -0.2) is 0 Å². The first kappa shape index (κ1) is 15.1. The number of hydrogen-bond donors (Lipinski definition) is 3. The Kier molecular flexibility index (Phi) is 4.95. The van der Waals surface area contributed by atoms with Crippen LogP contribution >= 0.6 is 0 Å². The lowest BCUT2D eigenvalue weighted by Gasteiger charge is -2.19. The molecule has 1 atom stereocenters. The fourth-order valence-corrected chi connectivity index (χ4v) is 2.20. The second kappa shape index (κ2) is 6.90. The van der Waals surface area contributed by atoms with Crippen LogP contribution in [-0.2, 0) is 0 Å². The first-order chi connectivity index (χ1) is 10.1. The number of nitrogens with two attached hydrogens (primary N) is 2. The maximum absolute atomic E-state index is 12.4. The van der Waals surface area contributed by atoms with Crippen LogP contribution < -0.4 is 16.8 Å². The molecule has 110 valence electrons. The van der Waals surface area contributed by atoms with E-state index in [1.54, 1.807) is 12.1 Å². The number of benzene rings is 2. The van der Waals surface area contributed by atoms with Crippen molar-refractivity contribution < 1.29 is 4.79 Å². The molecule has 0 spiro atoms. The van der Waals surface area contributed by atoms with Crippen molar-refractivity contribution in [2.75, 3.05) is 12.3 Å². The molecule has 0 saturated heterocycles. The topological polar surface area (TPSA) is 81.1 Å². The van der Waals surface area contributed by atoms with E-state index in [4.69, 9.17) is 11.5 Å². The van der Waals surface area contributed by atoms with Crippen LogP contribution in [0.2, 0.25) is 0 Å². The van der Waals surface area contributed by atoms with Gasteiger partial charge in [0, 0.05) is 11.3 Å². The number of hydrogen-bond acceptors (Lipinski definition) is 3. The van der Waals surface area contributed by atoms with Gasteiger partial charge < -0.3 is 16.8 Å². The quantitative estimate of drug-likeness (QED) is 0.737. The summed E-state index contributed by atoms with van der Waals surface area (Å²) in [5, 5.41) is 3.02. The lowest BCUT2D eigenvalue weighted by atomic mass is 10.0. The highest BCUT2D eigenvalue weighted by Gasteiger charge is 2.15. The summed E-state index contributed by atoms with van der Waals surface area (Å²) >= 11 is 0. The molecule has 0 aliphatic heterocycles. The minimum absolute atomic E-state index is 0.0915. The Morgan fingerprint density at radius 2 is 1.90 bits per heavy atom. The van der Waals surface area contributed by atoms with E-state index in [1.165, 1.54) is 0 Å². The van der Waals surface area contributed by atoms with Crippen molar-refractivity contribution in [3.05, 3.63) is 65.2 Å². The molecule has 2 aromatic carbocycles. The van der Waals surface area contributed by atoms with Crippen molar-refractivity contribution in [1.29, 1.82) is 0 Å². The lowest BCUT2D eigenvalue weighted by Crippen LogP contribution is -2.30. The summed E-state index contributed by atoms with van der Waals surface area (Å²) in [4.78, 5) is 12.4. The van der Waals surface area contributed by atoms with Gasteiger partial charge in [0.1, 0.15) is 0 Å². The summed E-state index contributed by atoms with van der Waals surface area (Å²) in [6.45, 7) is 2.42. The average molecular weight is 283 g/mol. The second-order valence-corrected chi connectivity index (χ2v) is 5.09. The van der Waals surface area contributed by atoms with Gasteiger partial charge >= 0.3 is 0 Å². The maximum Gasteiger partial charge on any atom is 0.251 e. The van der Waals surface area contributed by atoms with Gasteiger partial charge in [0.2, 0.25) is 0 Å². The van der Waals surface area contributed by atoms with Gasteiger partial charge in [0.05, 0.1) is 6.04 Å². The Bertz CT molecular complexity index is 611. The molecule has 0 aliphatic carbocycles. The van der Waals surface area contributed by atoms with E-state index in [0.717, 1.165) is 11.1 Å². The van der Waals surface area contributed by atoms with Crippen LogP contribution in [0.25, 0.3) is 0 Å². The van der Waals surface area contributed by atoms with Crippen LogP contribution in [0, 0.1) is 6.92 Å². The molecular weight excluding hydrogens is 262 g/mol. The Morgan fingerprint density at radius 1 is 1.19 bits per heavy atom. The Balaban J connectivity index is 2.16. The number of aryl methyl sites for hydroxylation is 1. The van der Waals surface area contributed by atoms with Crippen LogP contribution in [-0.4, -0.2) is 12.5 Å². The zero-order valence-electron chi connectivity index (χ0n) is 12.2. The van der Waals surface area contributed by atoms with E-state index < -0.39 is 0 Å². The van der Waals surface area contributed by atoms with Crippen LogP contribution in [0.3, 0.4) is 0 Å². The smallest absolute Gasteiger partial charge is 0.251 e. The summed E-state index contributed by atoms with van der Waals surface area (Å²) < 4.78 is 0. The summed E-state index contributed by atoms with van der Waals surface area (Å²) in [7, 11) is 0. The molecule has 0 radical (unpaired) electrons. The molecule has 5 N–H and O–H groups in total. The van der Waals surface area contributed by atoms with E-state index in [2.05, 4.69) is 5.32 Å². The first-order valence-electron chi connectivity index (χ1n) is 7.04. The highest BCUT2D eigenvalue weighted by atomic mass is 16.1.